The summed E-state index contributed by atoms with van der Waals surface area (Å²) in [6, 6.07) is -0.175. The van der Waals surface area contributed by atoms with Gasteiger partial charge >= 0.3 is 6.09 Å². The quantitative estimate of drug-likeness (QED) is 0.608. The Balaban J connectivity index is 1.99. The second-order valence-corrected chi connectivity index (χ2v) is 3.25. The van der Waals surface area contributed by atoms with Gasteiger partial charge in [-0.1, -0.05) is 0 Å². The lowest BCUT2D eigenvalue weighted by Gasteiger charge is -2.15. The summed E-state index contributed by atoms with van der Waals surface area (Å²) >= 11 is 0. The van der Waals surface area contributed by atoms with Gasteiger partial charge in [-0.15, -0.1) is 0 Å². The van der Waals surface area contributed by atoms with Crippen molar-refractivity contribution < 1.29 is 14.3 Å². The van der Waals surface area contributed by atoms with Crippen molar-refractivity contribution in [3.05, 3.63) is 0 Å². The molecule has 2 saturated heterocycles. The molecule has 0 bridgehead atoms. The molecule has 0 saturated carbocycles. The number of rotatable bonds is 1. The first-order valence-corrected chi connectivity index (χ1v) is 4.50. The fourth-order valence-electron chi connectivity index (χ4n) is 1.68. The summed E-state index contributed by atoms with van der Waals surface area (Å²) in [6.45, 7) is 1.59. The summed E-state index contributed by atoms with van der Waals surface area (Å²) in [6.07, 6.45) is 1.32. The van der Waals surface area contributed by atoms with Crippen LogP contribution >= 0.6 is 0 Å². The molecular weight excluding hydrogens is 172 g/mol. The monoisotopic (exact) mass is 184 g/mol. The van der Waals surface area contributed by atoms with Crippen LogP contribution in [0.5, 0.6) is 0 Å². The molecule has 2 aliphatic rings. The molecule has 2 heterocycles. The predicted molar refractivity (Wildman–Crippen MR) is 44.1 cm³/mol. The molecule has 5 heteroatoms. The van der Waals surface area contributed by atoms with Gasteiger partial charge in [0.15, 0.2) is 0 Å². The van der Waals surface area contributed by atoms with E-state index in [2.05, 4.69) is 10.1 Å². The Morgan fingerprint density at radius 2 is 2.46 bits per heavy atom. The zero-order chi connectivity index (χ0) is 9.26. The van der Waals surface area contributed by atoms with E-state index in [0.29, 0.717) is 13.2 Å². The van der Waals surface area contributed by atoms with Crippen molar-refractivity contribution in [2.75, 3.05) is 19.7 Å². The van der Waals surface area contributed by atoms with Crippen LogP contribution in [-0.2, 0) is 9.53 Å². The van der Waals surface area contributed by atoms with E-state index in [-0.39, 0.29) is 11.9 Å². The lowest BCUT2D eigenvalue weighted by Crippen LogP contribution is -2.43. The van der Waals surface area contributed by atoms with Gasteiger partial charge in [-0.3, -0.25) is 4.79 Å². The topological polar surface area (TPSA) is 58.6 Å². The third-order valence-corrected chi connectivity index (χ3v) is 2.39. The summed E-state index contributed by atoms with van der Waals surface area (Å²) in [5.41, 5.74) is 0. The number of nitrogens with zero attached hydrogens (tertiary/aromatic N) is 1. The maximum Gasteiger partial charge on any atom is 0.416 e. The Hall–Kier alpha value is -1.10. The first-order chi connectivity index (χ1) is 6.29. The number of carbonyl (C=O) groups is 2. The van der Waals surface area contributed by atoms with Gasteiger partial charge in [0.1, 0.15) is 6.61 Å². The van der Waals surface area contributed by atoms with Crippen LogP contribution in [0, 0.1) is 0 Å². The second-order valence-electron chi connectivity index (χ2n) is 3.25. The van der Waals surface area contributed by atoms with Gasteiger partial charge in [-0.05, 0) is 19.4 Å². The number of ether oxygens (including phenoxy) is 1. The maximum absolute atomic E-state index is 11.6. The Bertz CT molecular complexity index is 236. The molecular formula is C8H12N2O3. The third-order valence-electron chi connectivity index (χ3n) is 2.39. The minimum atomic E-state index is -0.501. The Labute approximate surface area is 76.0 Å². The van der Waals surface area contributed by atoms with Crippen molar-refractivity contribution in [2.24, 2.45) is 0 Å². The molecule has 1 atom stereocenters. The van der Waals surface area contributed by atoms with Gasteiger partial charge in [0.2, 0.25) is 5.91 Å². The second kappa shape index (κ2) is 3.33. The van der Waals surface area contributed by atoms with E-state index in [1.54, 1.807) is 0 Å². The minimum absolute atomic E-state index is 0.139. The molecule has 0 aromatic rings. The van der Waals surface area contributed by atoms with Crippen LogP contribution in [0.3, 0.4) is 0 Å². The molecule has 0 spiro atoms. The van der Waals surface area contributed by atoms with Crippen molar-refractivity contribution in [3.8, 4) is 0 Å². The highest BCUT2D eigenvalue weighted by atomic mass is 16.6. The van der Waals surface area contributed by atoms with Crippen LogP contribution in [-0.4, -0.2) is 42.6 Å². The van der Waals surface area contributed by atoms with Crippen LogP contribution in [0.1, 0.15) is 12.8 Å². The molecule has 0 aliphatic carbocycles. The number of hydrogen-bond donors (Lipinski definition) is 1. The third kappa shape index (κ3) is 1.51. The number of amides is 2. The maximum atomic E-state index is 11.6. The molecule has 5 nitrogen and oxygen atoms in total. The van der Waals surface area contributed by atoms with Crippen LogP contribution in [0.25, 0.3) is 0 Å². The SMILES string of the molecule is O=C1OCCN1C(=O)[C@@H]1CCCN1. The number of imide groups is 1. The lowest BCUT2D eigenvalue weighted by molar-refractivity contribution is -0.129. The van der Waals surface area contributed by atoms with Crippen LogP contribution in [0.4, 0.5) is 4.79 Å². The average molecular weight is 184 g/mol. The molecule has 1 N–H and O–H groups in total. The van der Waals surface area contributed by atoms with E-state index < -0.39 is 6.09 Å². The summed E-state index contributed by atoms with van der Waals surface area (Å²) < 4.78 is 4.68. The fraction of sp³-hybridized carbons (Fsp3) is 0.750. The molecule has 0 unspecified atom stereocenters. The van der Waals surface area contributed by atoms with Crippen LogP contribution in [0.15, 0.2) is 0 Å². The molecule has 0 radical (unpaired) electrons. The number of hydrogen-bond acceptors (Lipinski definition) is 4. The highest BCUT2D eigenvalue weighted by Crippen LogP contribution is 2.12. The summed E-state index contributed by atoms with van der Waals surface area (Å²) in [5.74, 6) is -0.139. The first-order valence-electron chi connectivity index (χ1n) is 4.50. The number of cyclic esters (lactones) is 1. The van der Waals surface area contributed by atoms with Crippen LogP contribution in [0.2, 0.25) is 0 Å². The van der Waals surface area contributed by atoms with Crippen molar-refractivity contribution in [1.29, 1.82) is 0 Å². The van der Waals surface area contributed by atoms with Crippen LogP contribution < -0.4 is 5.32 Å². The van der Waals surface area contributed by atoms with Gasteiger partial charge < -0.3 is 10.1 Å². The van der Waals surface area contributed by atoms with E-state index in [0.717, 1.165) is 19.4 Å². The molecule has 0 aromatic carbocycles. The zero-order valence-electron chi connectivity index (χ0n) is 7.28. The Morgan fingerprint density at radius 1 is 1.62 bits per heavy atom. The van der Waals surface area contributed by atoms with E-state index in [1.807, 2.05) is 0 Å². The van der Waals surface area contributed by atoms with Crippen molar-refractivity contribution in [1.82, 2.24) is 10.2 Å². The van der Waals surface area contributed by atoms with Gasteiger partial charge in [-0.2, -0.15) is 0 Å². The van der Waals surface area contributed by atoms with E-state index in [9.17, 15) is 9.59 Å². The molecule has 72 valence electrons. The zero-order valence-corrected chi connectivity index (χ0v) is 7.28. The largest absolute Gasteiger partial charge is 0.447 e. The average Bonchev–Trinajstić information content (AvgIpc) is 2.72. The number of carbonyl (C=O) groups excluding carboxylic acids is 2. The molecule has 0 aromatic heterocycles. The minimum Gasteiger partial charge on any atom is -0.447 e. The molecule has 2 amide bonds. The fourth-order valence-corrected chi connectivity index (χ4v) is 1.68. The number of nitrogens with one attached hydrogen (secondary N) is 1. The van der Waals surface area contributed by atoms with Gasteiger partial charge in [0.05, 0.1) is 12.6 Å². The van der Waals surface area contributed by atoms with E-state index in [4.69, 9.17) is 0 Å². The first kappa shape index (κ1) is 8.50. The van der Waals surface area contributed by atoms with E-state index >= 15 is 0 Å². The highest BCUT2D eigenvalue weighted by Gasteiger charge is 2.34. The highest BCUT2D eigenvalue weighted by molar-refractivity contribution is 5.96. The molecule has 2 fully saturated rings. The van der Waals surface area contributed by atoms with Gasteiger partial charge in [0, 0.05) is 0 Å². The van der Waals surface area contributed by atoms with Crippen molar-refractivity contribution in [2.45, 2.75) is 18.9 Å². The van der Waals surface area contributed by atoms with E-state index in [1.165, 1.54) is 4.90 Å². The molecule has 13 heavy (non-hydrogen) atoms. The molecule has 2 rings (SSSR count). The molecule has 2 aliphatic heterocycles. The Morgan fingerprint density at radius 3 is 3.00 bits per heavy atom. The standard InChI is InChI=1S/C8H12N2O3/c11-7(6-2-1-3-9-6)10-4-5-13-8(10)12/h6,9H,1-5H2/t6-/m0/s1. The normalized spacial score (nSPS) is 27.8. The summed E-state index contributed by atoms with van der Waals surface area (Å²) in [5, 5.41) is 3.05. The van der Waals surface area contributed by atoms with Gasteiger partial charge in [0.25, 0.3) is 0 Å². The smallest absolute Gasteiger partial charge is 0.416 e. The Kier molecular flexibility index (Phi) is 2.18. The summed E-state index contributed by atoms with van der Waals surface area (Å²) in [7, 11) is 0. The predicted octanol–water partition coefficient (Wildman–Crippen LogP) is -0.283. The van der Waals surface area contributed by atoms with Gasteiger partial charge in [-0.25, -0.2) is 9.69 Å². The van der Waals surface area contributed by atoms with Crippen molar-refractivity contribution >= 4 is 12.0 Å². The summed E-state index contributed by atoms with van der Waals surface area (Å²) in [4.78, 5) is 23.8. The van der Waals surface area contributed by atoms with Crippen molar-refractivity contribution in [3.63, 3.8) is 0 Å². The lowest BCUT2D eigenvalue weighted by atomic mass is 10.2.